The molecule has 18 heavy (non-hydrogen) atoms. The molecule has 0 aromatic heterocycles. The van der Waals surface area contributed by atoms with Crippen LogP contribution in [0.15, 0.2) is 24.3 Å². The highest BCUT2D eigenvalue weighted by Gasteiger charge is 2.20. The summed E-state index contributed by atoms with van der Waals surface area (Å²) in [6.45, 7) is 4.07. The Bertz CT molecular complexity index is 381. The van der Waals surface area contributed by atoms with E-state index in [2.05, 4.69) is 11.8 Å². The summed E-state index contributed by atoms with van der Waals surface area (Å²) < 4.78 is 0. The number of hydrogen-bond acceptors (Lipinski definition) is 3. The number of β-amino-alcohol motifs (C(OH)–C–C–N with tert-alkyl or cyclic N) is 1. The number of likely N-dealkylation sites (tertiary alicyclic amines) is 1. The summed E-state index contributed by atoms with van der Waals surface area (Å²) >= 11 is 0. The number of benzene rings is 1. The zero-order valence-electron chi connectivity index (χ0n) is 11.2. The highest BCUT2D eigenvalue weighted by molar-refractivity contribution is 5.41. The van der Waals surface area contributed by atoms with E-state index in [-0.39, 0.29) is 0 Å². The molecule has 0 bridgehead atoms. The number of nitrogens with two attached hydrogens (primary N) is 1. The lowest BCUT2D eigenvalue weighted by Gasteiger charge is -2.29. The van der Waals surface area contributed by atoms with E-state index in [1.807, 2.05) is 24.3 Å². The molecule has 2 atom stereocenters. The Kier molecular flexibility index (Phi) is 4.61. The Balaban J connectivity index is 1.99. The summed E-state index contributed by atoms with van der Waals surface area (Å²) in [6.07, 6.45) is 4.67. The van der Waals surface area contributed by atoms with Crippen molar-refractivity contribution in [1.29, 1.82) is 0 Å². The molecule has 100 valence electrons. The van der Waals surface area contributed by atoms with Crippen LogP contribution in [-0.4, -0.2) is 29.1 Å². The molecule has 1 aliphatic rings. The lowest BCUT2D eigenvalue weighted by Crippen LogP contribution is -2.36. The van der Waals surface area contributed by atoms with Crippen LogP contribution in [0.4, 0.5) is 5.69 Å². The number of aliphatic hydroxyl groups excluding tert-OH is 1. The van der Waals surface area contributed by atoms with Gasteiger partial charge in [0.15, 0.2) is 0 Å². The Morgan fingerprint density at radius 2 is 2.22 bits per heavy atom. The number of anilines is 1. The molecule has 2 unspecified atom stereocenters. The molecule has 0 spiro atoms. The topological polar surface area (TPSA) is 49.5 Å². The number of rotatable bonds is 3. The summed E-state index contributed by atoms with van der Waals surface area (Å²) in [6, 6.07) is 8.14. The molecular weight excluding hydrogens is 224 g/mol. The summed E-state index contributed by atoms with van der Waals surface area (Å²) in [4.78, 5) is 2.40. The van der Waals surface area contributed by atoms with Crippen molar-refractivity contribution in [2.24, 2.45) is 0 Å². The summed E-state index contributed by atoms with van der Waals surface area (Å²) in [5.41, 5.74) is 7.40. The Morgan fingerprint density at radius 1 is 1.39 bits per heavy atom. The van der Waals surface area contributed by atoms with E-state index in [9.17, 15) is 5.11 Å². The van der Waals surface area contributed by atoms with Crippen LogP contribution in [-0.2, 0) is 0 Å². The minimum atomic E-state index is -0.436. The molecule has 1 aromatic rings. The second kappa shape index (κ2) is 6.21. The lowest BCUT2D eigenvalue weighted by molar-refractivity contribution is 0.0929. The van der Waals surface area contributed by atoms with Crippen molar-refractivity contribution in [3.63, 3.8) is 0 Å². The van der Waals surface area contributed by atoms with Gasteiger partial charge in [0, 0.05) is 18.3 Å². The zero-order valence-corrected chi connectivity index (χ0v) is 11.2. The molecule has 0 aliphatic carbocycles. The minimum Gasteiger partial charge on any atom is -0.399 e. The van der Waals surface area contributed by atoms with Gasteiger partial charge in [0.1, 0.15) is 0 Å². The molecule has 1 aliphatic heterocycles. The molecule has 2 rings (SSSR count). The fourth-order valence-electron chi connectivity index (χ4n) is 2.70. The largest absolute Gasteiger partial charge is 0.399 e. The van der Waals surface area contributed by atoms with Gasteiger partial charge in [-0.05, 0) is 44.0 Å². The molecule has 1 heterocycles. The maximum Gasteiger partial charge on any atom is 0.0917 e. The fourth-order valence-corrected chi connectivity index (χ4v) is 2.70. The average molecular weight is 248 g/mol. The van der Waals surface area contributed by atoms with Crippen LogP contribution in [0.25, 0.3) is 0 Å². The molecule has 1 fully saturated rings. The first-order valence-electron chi connectivity index (χ1n) is 6.94. The zero-order chi connectivity index (χ0) is 13.0. The van der Waals surface area contributed by atoms with Crippen LogP contribution < -0.4 is 5.73 Å². The minimum absolute atomic E-state index is 0.436. The Morgan fingerprint density at radius 3 is 3.00 bits per heavy atom. The van der Waals surface area contributed by atoms with E-state index in [0.29, 0.717) is 12.6 Å². The molecule has 0 saturated carbocycles. The quantitative estimate of drug-likeness (QED) is 0.808. The van der Waals surface area contributed by atoms with Crippen LogP contribution in [0.5, 0.6) is 0 Å². The van der Waals surface area contributed by atoms with Crippen molar-refractivity contribution in [3.8, 4) is 0 Å². The van der Waals surface area contributed by atoms with Crippen LogP contribution in [0.3, 0.4) is 0 Å². The second-order valence-corrected chi connectivity index (χ2v) is 5.38. The van der Waals surface area contributed by atoms with Gasteiger partial charge in [-0.15, -0.1) is 0 Å². The van der Waals surface area contributed by atoms with Crippen LogP contribution in [0.2, 0.25) is 0 Å². The van der Waals surface area contributed by atoms with Crippen molar-refractivity contribution < 1.29 is 5.11 Å². The van der Waals surface area contributed by atoms with Gasteiger partial charge in [-0.1, -0.05) is 25.0 Å². The third-order valence-corrected chi connectivity index (χ3v) is 3.89. The second-order valence-electron chi connectivity index (χ2n) is 5.38. The van der Waals surface area contributed by atoms with Crippen LogP contribution in [0.1, 0.15) is 44.3 Å². The van der Waals surface area contributed by atoms with Crippen molar-refractivity contribution in [2.45, 2.75) is 44.8 Å². The molecule has 0 radical (unpaired) electrons. The molecule has 0 amide bonds. The van der Waals surface area contributed by atoms with E-state index in [0.717, 1.165) is 17.8 Å². The highest BCUT2D eigenvalue weighted by atomic mass is 16.3. The highest BCUT2D eigenvalue weighted by Crippen LogP contribution is 2.21. The molecule has 3 heteroatoms. The van der Waals surface area contributed by atoms with Gasteiger partial charge >= 0.3 is 0 Å². The van der Waals surface area contributed by atoms with E-state index < -0.39 is 6.10 Å². The molecule has 3 N–H and O–H groups in total. The van der Waals surface area contributed by atoms with Crippen LogP contribution >= 0.6 is 0 Å². The lowest BCUT2D eigenvalue weighted by atomic mass is 10.1. The average Bonchev–Trinajstić information content (AvgIpc) is 2.55. The van der Waals surface area contributed by atoms with Crippen LogP contribution in [0, 0.1) is 0 Å². The normalized spacial score (nSPS) is 23.6. The van der Waals surface area contributed by atoms with Gasteiger partial charge in [0.25, 0.3) is 0 Å². The van der Waals surface area contributed by atoms with Crippen molar-refractivity contribution in [2.75, 3.05) is 18.8 Å². The van der Waals surface area contributed by atoms with Crippen molar-refractivity contribution >= 4 is 5.69 Å². The number of nitrogens with zero attached hydrogens (tertiary/aromatic N) is 1. The first-order chi connectivity index (χ1) is 8.66. The molecular formula is C15H24N2O. The first-order valence-corrected chi connectivity index (χ1v) is 6.94. The SMILES string of the molecule is CC1CCCCCN1CC(O)c1cccc(N)c1. The summed E-state index contributed by atoms with van der Waals surface area (Å²) in [5.74, 6) is 0. The van der Waals surface area contributed by atoms with Crippen molar-refractivity contribution in [3.05, 3.63) is 29.8 Å². The van der Waals surface area contributed by atoms with Crippen molar-refractivity contribution in [1.82, 2.24) is 4.90 Å². The maximum atomic E-state index is 10.3. The summed E-state index contributed by atoms with van der Waals surface area (Å²) in [7, 11) is 0. The van der Waals surface area contributed by atoms with E-state index in [1.165, 1.54) is 25.7 Å². The first kappa shape index (κ1) is 13.4. The Labute approximate surface area is 110 Å². The molecule has 3 nitrogen and oxygen atoms in total. The van der Waals surface area contributed by atoms with Gasteiger partial charge in [-0.25, -0.2) is 0 Å². The van der Waals surface area contributed by atoms with E-state index in [4.69, 9.17) is 5.73 Å². The predicted molar refractivity (Wildman–Crippen MR) is 75.3 cm³/mol. The van der Waals surface area contributed by atoms with E-state index in [1.54, 1.807) is 0 Å². The van der Waals surface area contributed by atoms with E-state index >= 15 is 0 Å². The number of aliphatic hydroxyl groups is 1. The predicted octanol–water partition coefficient (Wildman–Crippen LogP) is 2.57. The monoisotopic (exact) mass is 248 g/mol. The third kappa shape index (κ3) is 3.47. The van der Waals surface area contributed by atoms with Gasteiger partial charge in [-0.3, -0.25) is 4.90 Å². The van der Waals surface area contributed by atoms with Gasteiger partial charge in [-0.2, -0.15) is 0 Å². The standard InChI is InChI=1S/C15H24N2O/c1-12-6-3-2-4-9-17(12)11-15(18)13-7-5-8-14(16)10-13/h5,7-8,10,12,15,18H,2-4,6,9,11,16H2,1H3. The van der Waals surface area contributed by atoms with Gasteiger partial charge in [0.2, 0.25) is 0 Å². The summed E-state index contributed by atoms with van der Waals surface area (Å²) in [5, 5.41) is 10.3. The smallest absolute Gasteiger partial charge is 0.0917 e. The third-order valence-electron chi connectivity index (χ3n) is 3.89. The number of hydrogen-bond donors (Lipinski definition) is 2. The van der Waals surface area contributed by atoms with Gasteiger partial charge < -0.3 is 10.8 Å². The number of nitrogen functional groups attached to an aromatic ring is 1. The van der Waals surface area contributed by atoms with Gasteiger partial charge in [0.05, 0.1) is 6.10 Å². The fraction of sp³-hybridized carbons (Fsp3) is 0.600. The maximum absolute atomic E-state index is 10.3. The molecule has 1 saturated heterocycles. The molecule has 1 aromatic carbocycles. The Hall–Kier alpha value is -1.06.